The first-order valence-corrected chi connectivity index (χ1v) is 5.52. The summed E-state index contributed by atoms with van der Waals surface area (Å²) in [5, 5.41) is 19.3. The van der Waals surface area contributed by atoms with Crippen molar-refractivity contribution in [1.82, 2.24) is 0 Å². The van der Waals surface area contributed by atoms with Gasteiger partial charge in [-0.2, -0.15) is 0 Å². The van der Waals surface area contributed by atoms with Crippen LogP contribution in [0, 0.1) is 0 Å². The molecule has 0 fully saturated rings. The van der Waals surface area contributed by atoms with Crippen molar-refractivity contribution in [2.24, 2.45) is 0 Å². The number of aliphatic hydroxyl groups excluding tert-OH is 2. The zero-order valence-corrected chi connectivity index (χ0v) is 10.3. The highest BCUT2D eigenvalue weighted by atomic mass is 79.9. The van der Waals surface area contributed by atoms with Crippen molar-refractivity contribution >= 4 is 21.9 Å². The van der Waals surface area contributed by atoms with E-state index in [2.05, 4.69) is 20.7 Å². The lowest BCUT2D eigenvalue weighted by atomic mass is 10.0. The van der Waals surface area contributed by atoms with Crippen LogP contribution in [0.4, 0.5) is 0 Å². The van der Waals surface area contributed by atoms with Gasteiger partial charge >= 0.3 is 5.97 Å². The molecule has 0 aliphatic rings. The number of ether oxygens (including phenoxy) is 1. The van der Waals surface area contributed by atoms with Crippen LogP contribution >= 0.6 is 15.9 Å². The van der Waals surface area contributed by atoms with E-state index in [1.165, 1.54) is 7.11 Å². The lowest BCUT2D eigenvalue weighted by Crippen LogP contribution is -2.22. The molecule has 88 valence electrons. The van der Waals surface area contributed by atoms with Crippen LogP contribution in [0.15, 0.2) is 28.7 Å². The monoisotopic (exact) mass is 288 g/mol. The molecule has 0 aromatic heterocycles. The summed E-state index contributed by atoms with van der Waals surface area (Å²) in [5.41, 5.74) is 0.555. The Morgan fingerprint density at radius 1 is 1.38 bits per heavy atom. The molecule has 16 heavy (non-hydrogen) atoms. The first-order chi connectivity index (χ1) is 7.54. The molecule has 0 spiro atoms. The Kier molecular flexibility index (Phi) is 4.92. The van der Waals surface area contributed by atoms with Gasteiger partial charge in [-0.1, -0.05) is 28.1 Å². The Hall–Kier alpha value is -0.910. The standard InChI is InChI=1S/C11H13BrO4/c1-16-10(14)6-9(13)11(15)7-2-4-8(12)5-3-7/h2-5,9,11,13,15H,6H2,1H3. The Balaban J connectivity index is 2.66. The fourth-order valence-electron chi connectivity index (χ4n) is 1.25. The second-order valence-corrected chi connectivity index (χ2v) is 4.26. The summed E-state index contributed by atoms with van der Waals surface area (Å²) in [7, 11) is 1.24. The third-order valence-corrected chi connectivity index (χ3v) is 2.71. The number of hydrogen-bond donors (Lipinski definition) is 2. The van der Waals surface area contributed by atoms with Crippen LogP contribution in [0.5, 0.6) is 0 Å². The third kappa shape index (κ3) is 3.59. The maximum absolute atomic E-state index is 10.9. The largest absolute Gasteiger partial charge is 0.469 e. The topological polar surface area (TPSA) is 66.8 Å². The van der Waals surface area contributed by atoms with Gasteiger partial charge in [0.2, 0.25) is 0 Å². The Labute approximate surface area is 102 Å². The third-order valence-electron chi connectivity index (χ3n) is 2.18. The molecular weight excluding hydrogens is 276 g/mol. The van der Waals surface area contributed by atoms with Crippen molar-refractivity contribution < 1.29 is 19.7 Å². The van der Waals surface area contributed by atoms with Crippen LogP contribution in [0.1, 0.15) is 18.1 Å². The van der Waals surface area contributed by atoms with E-state index < -0.39 is 18.2 Å². The summed E-state index contributed by atoms with van der Waals surface area (Å²) in [6.07, 6.45) is -2.48. The van der Waals surface area contributed by atoms with Crippen LogP contribution in [0.3, 0.4) is 0 Å². The van der Waals surface area contributed by atoms with Gasteiger partial charge in [0.05, 0.1) is 19.6 Å². The molecule has 0 aliphatic carbocycles. The van der Waals surface area contributed by atoms with Gasteiger partial charge in [0.25, 0.3) is 0 Å². The molecule has 0 amide bonds. The average Bonchev–Trinajstić information content (AvgIpc) is 2.28. The van der Waals surface area contributed by atoms with E-state index in [1.54, 1.807) is 24.3 Å². The predicted octanol–water partition coefficient (Wildman–Crippen LogP) is 1.41. The summed E-state index contributed by atoms with van der Waals surface area (Å²) in [6.45, 7) is 0. The maximum atomic E-state index is 10.9. The van der Waals surface area contributed by atoms with Crippen molar-refractivity contribution in [2.75, 3.05) is 7.11 Å². The molecule has 2 N–H and O–H groups in total. The Bertz CT molecular complexity index is 350. The van der Waals surface area contributed by atoms with Gasteiger partial charge in [0, 0.05) is 4.47 Å². The highest BCUT2D eigenvalue weighted by molar-refractivity contribution is 9.10. The minimum absolute atomic E-state index is 0.228. The molecule has 1 rings (SSSR count). The summed E-state index contributed by atoms with van der Waals surface area (Å²) in [6, 6.07) is 6.86. The van der Waals surface area contributed by atoms with Crippen LogP contribution in [-0.2, 0) is 9.53 Å². The Morgan fingerprint density at radius 3 is 2.44 bits per heavy atom. The first-order valence-electron chi connectivity index (χ1n) is 4.73. The Morgan fingerprint density at radius 2 is 1.94 bits per heavy atom. The van der Waals surface area contributed by atoms with E-state index in [-0.39, 0.29) is 6.42 Å². The first kappa shape index (κ1) is 13.2. The highest BCUT2D eigenvalue weighted by Gasteiger charge is 2.21. The number of halogens is 1. The van der Waals surface area contributed by atoms with Gasteiger partial charge in [0.15, 0.2) is 0 Å². The van der Waals surface area contributed by atoms with E-state index in [1.807, 2.05) is 0 Å². The highest BCUT2D eigenvalue weighted by Crippen LogP contribution is 2.21. The summed E-state index contributed by atoms with van der Waals surface area (Å²) in [5.74, 6) is -0.552. The minimum Gasteiger partial charge on any atom is -0.469 e. The summed E-state index contributed by atoms with van der Waals surface area (Å²) < 4.78 is 5.29. The smallest absolute Gasteiger partial charge is 0.308 e. The number of carbonyl (C=O) groups is 1. The van der Waals surface area contributed by atoms with Gasteiger partial charge in [-0.3, -0.25) is 4.79 Å². The maximum Gasteiger partial charge on any atom is 0.308 e. The van der Waals surface area contributed by atoms with Gasteiger partial charge in [-0.05, 0) is 17.7 Å². The molecule has 0 radical (unpaired) electrons. The van der Waals surface area contributed by atoms with Crippen molar-refractivity contribution in [3.05, 3.63) is 34.3 Å². The van der Waals surface area contributed by atoms with Gasteiger partial charge in [0.1, 0.15) is 6.10 Å². The van der Waals surface area contributed by atoms with E-state index in [9.17, 15) is 15.0 Å². The SMILES string of the molecule is COC(=O)CC(O)C(O)c1ccc(Br)cc1. The zero-order valence-electron chi connectivity index (χ0n) is 8.76. The number of aliphatic hydroxyl groups is 2. The van der Waals surface area contributed by atoms with E-state index in [0.29, 0.717) is 5.56 Å². The second kappa shape index (κ2) is 5.98. The summed E-state index contributed by atoms with van der Waals surface area (Å²) >= 11 is 3.26. The molecule has 2 unspecified atom stereocenters. The number of benzene rings is 1. The predicted molar refractivity (Wildman–Crippen MR) is 61.7 cm³/mol. The number of carbonyl (C=O) groups excluding carboxylic acids is 1. The lowest BCUT2D eigenvalue weighted by Gasteiger charge is -2.17. The molecule has 0 aliphatic heterocycles. The molecule has 0 saturated carbocycles. The van der Waals surface area contributed by atoms with Gasteiger partial charge in [-0.25, -0.2) is 0 Å². The number of methoxy groups -OCH3 is 1. The normalized spacial score (nSPS) is 14.2. The molecule has 2 atom stereocenters. The average molecular weight is 289 g/mol. The molecule has 0 bridgehead atoms. The zero-order chi connectivity index (χ0) is 12.1. The molecule has 1 aromatic carbocycles. The van der Waals surface area contributed by atoms with Crippen LogP contribution in [0.2, 0.25) is 0 Å². The van der Waals surface area contributed by atoms with E-state index in [4.69, 9.17) is 0 Å². The van der Waals surface area contributed by atoms with Crippen molar-refractivity contribution in [1.29, 1.82) is 0 Å². The molecule has 0 heterocycles. The van der Waals surface area contributed by atoms with E-state index in [0.717, 1.165) is 4.47 Å². The van der Waals surface area contributed by atoms with Crippen molar-refractivity contribution in [3.8, 4) is 0 Å². The second-order valence-electron chi connectivity index (χ2n) is 3.34. The molecular formula is C11H13BrO4. The number of esters is 1. The van der Waals surface area contributed by atoms with Crippen LogP contribution in [-0.4, -0.2) is 29.4 Å². The lowest BCUT2D eigenvalue weighted by molar-refractivity contribution is -0.144. The molecule has 1 aromatic rings. The van der Waals surface area contributed by atoms with Gasteiger partial charge < -0.3 is 14.9 Å². The van der Waals surface area contributed by atoms with Gasteiger partial charge in [-0.15, -0.1) is 0 Å². The fraction of sp³-hybridized carbons (Fsp3) is 0.364. The fourth-order valence-corrected chi connectivity index (χ4v) is 1.51. The quantitative estimate of drug-likeness (QED) is 0.822. The van der Waals surface area contributed by atoms with Crippen LogP contribution in [0.25, 0.3) is 0 Å². The minimum atomic E-state index is -1.16. The molecule has 5 heteroatoms. The summed E-state index contributed by atoms with van der Waals surface area (Å²) in [4.78, 5) is 10.9. The van der Waals surface area contributed by atoms with Crippen molar-refractivity contribution in [2.45, 2.75) is 18.6 Å². The number of rotatable bonds is 4. The molecule has 0 saturated heterocycles. The van der Waals surface area contributed by atoms with E-state index >= 15 is 0 Å². The van der Waals surface area contributed by atoms with Crippen molar-refractivity contribution in [3.63, 3.8) is 0 Å². The number of hydrogen-bond acceptors (Lipinski definition) is 4. The molecule has 4 nitrogen and oxygen atoms in total. The van der Waals surface area contributed by atoms with Crippen LogP contribution < -0.4 is 0 Å².